The lowest BCUT2D eigenvalue weighted by Crippen LogP contribution is -2.49. The van der Waals surface area contributed by atoms with Gasteiger partial charge in [-0.25, -0.2) is 13.6 Å². The first-order valence-corrected chi connectivity index (χ1v) is 8.15. The van der Waals surface area contributed by atoms with E-state index in [9.17, 15) is 13.2 Å². The van der Waals surface area contributed by atoms with E-state index in [0.717, 1.165) is 25.8 Å². The number of hydrogen-bond acceptors (Lipinski definition) is 4. The minimum atomic E-state index is -3.43. The van der Waals surface area contributed by atoms with Crippen LogP contribution in [0.15, 0.2) is 0 Å². The average Bonchev–Trinajstić information content (AvgIpc) is 2.33. The van der Waals surface area contributed by atoms with E-state index in [0.29, 0.717) is 18.9 Å². The molecule has 1 heterocycles. The minimum absolute atomic E-state index is 0.0393. The first kappa shape index (κ1) is 15.4. The van der Waals surface area contributed by atoms with E-state index in [1.165, 1.54) is 0 Å². The molecule has 1 rings (SSSR count). The highest BCUT2D eigenvalue weighted by Gasteiger charge is 2.25. The van der Waals surface area contributed by atoms with E-state index < -0.39 is 10.0 Å². The van der Waals surface area contributed by atoms with Crippen molar-refractivity contribution in [2.45, 2.75) is 38.6 Å². The van der Waals surface area contributed by atoms with Gasteiger partial charge < -0.3 is 10.6 Å². The van der Waals surface area contributed by atoms with Crippen molar-refractivity contribution < 1.29 is 13.2 Å². The first-order valence-electron chi connectivity index (χ1n) is 6.44. The highest BCUT2D eigenvalue weighted by molar-refractivity contribution is 7.89. The molecule has 7 heteroatoms. The number of amides is 1. The zero-order chi connectivity index (χ0) is 13.6. The smallest absolute Gasteiger partial charge is 0.237 e. The van der Waals surface area contributed by atoms with Gasteiger partial charge in [-0.1, -0.05) is 13.3 Å². The fourth-order valence-corrected chi connectivity index (χ4v) is 2.72. The molecule has 4 N–H and O–H groups in total. The monoisotopic (exact) mass is 277 g/mol. The Kier molecular flexibility index (Phi) is 6.04. The molecular weight excluding hydrogens is 254 g/mol. The molecule has 1 saturated heterocycles. The van der Waals surface area contributed by atoms with Crippen molar-refractivity contribution in [2.24, 2.45) is 11.1 Å². The maximum absolute atomic E-state index is 11.8. The molecule has 0 aliphatic carbocycles. The van der Waals surface area contributed by atoms with Crippen molar-refractivity contribution in [2.75, 3.05) is 18.8 Å². The Labute approximate surface area is 109 Å². The minimum Gasteiger partial charge on any atom is -0.355 e. The molecule has 106 valence electrons. The highest BCUT2D eigenvalue weighted by Crippen LogP contribution is 2.19. The highest BCUT2D eigenvalue weighted by atomic mass is 32.2. The maximum Gasteiger partial charge on any atom is 0.237 e. The fraction of sp³-hybridized carbons (Fsp3) is 0.909. The van der Waals surface area contributed by atoms with Crippen LogP contribution in [-0.4, -0.2) is 39.2 Å². The van der Waals surface area contributed by atoms with Gasteiger partial charge >= 0.3 is 0 Å². The van der Waals surface area contributed by atoms with Crippen LogP contribution >= 0.6 is 0 Å². The van der Waals surface area contributed by atoms with Gasteiger partial charge in [0.1, 0.15) is 0 Å². The molecule has 0 radical (unpaired) electrons. The zero-order valence-corrected chi connectivity index (χ0v) is 11.6. The van der Waals surface area contributed by atoms with Crippen LogP contribution in [0, 0.1) is 5.92 Å². The predicted molar refractivity (Wildman–Crippen MR) is 70.4 cm³/mol. The van der Waals surface area contributed by atoms with E-state index in [2.05, 4.69) is 17.6 Å². The van der Waals surface area contributed by atoms with E-state index in [4.69, 9.17) is 5.14 Å². The van der Waals surface area contributed by atoms with Crippen LogP contribution in [0.1, 0.15) is 32.6 Å². The van der Waals surface area contributed by atoms with Gasteiger partial charge in [-0.3, -0.25) is 4.79 Å². The van der Waals surface area contributed by atoms with Crippen molar-refractivity contribution in [1.82, 2.24) is 10.6 Å². The molecule has 0 bridgehead atoms. The molecule has 0 saturated carbocycles. The summed E-state index contributed by atoms with van der Waals surface area (Å²) in [5, 5.41) is 10.8. The van der Waals surface area contributed by atoms with Crippen LogP contribution in [0.2, 0.25) is 0 Å². The molecule has 0 spiro atoms. The Morgan fingerprint density at radius 3 is 2.83 bits per heavy atom. The Bertz CT molecular complexity index is 370. The van der Waals surface area contributed by atoms with Crippen LogP contribution < -0.4 is 15.8 Å². The average molecular weight is 277 g/mol. The summed E-state index contributed by atoms with van der Waals surface area (Å²) in [4.78, 5) is 11.8. The van der Waals surface area contributed by atoms with Gasteiger partial charge in [0.05, 0.1) is 11.8 Å². The molecule has 18 heavy (non-hydrogen) atoms. The van der Waals surface area contributed by atoms with Crippen LogP contribution in [0.25, 0.3) is 0 Å². The summed E-state index contributed by atoms with van der Waals surface area (Å²) < 4.78 is 21.4. The van der Waals surface area contributed by atoms with Crippen molar-refractivity contribution in [3.8, 4) is 0 Å². The molecule has 2 unspecified atom stereocenters. The van der Waals surface area contributed by atoms with Crippen LogP contribution in [0.4, 0.5) is 0 Å². The predicted octanol–water partition coefficient (Wildman–Crippen LogP) is -0.441. The number of sulfonamides is 1. The summed E-state index contributed by atoms with van der Waals surface area (Å²) in [7, 11) is -3.43. The Morgan fingerprint density at radius 2 is 2.22 bits per heavy atom. The number of carbonyl (C=O) groups excluding carboxylic acids is 1. The standard InChI is InChI=1S/C11H23N3O3S/c1-2-9-4-6-13-10(8-9)11(15)14-5-3-7-18(12,16)17/h9-10,13H,2-8H2,1H3,(H,14,15)(H2,12,16,17). The Morgan fingerprint density at radius 1 is 1.50 bits per heavy atom. The summed E-state index contributed by atoms with van der Waals surface area (Å²) in [5.41, 5.74) is 0. The van der Waals surface area contributed by atoms with Gasteiger partial charge in [-0.2, -0.15) is 0 Å². The maximum atomic E-state index is 11.8. The molecule has 1 fully saturated rings. The summed E-state index contributed by atoms with van der Waals surface area (Å²) in [6.07, 6.45) is 3.43. The zero-order valence-electron chi connectivity index (χ0n) is 10.8. The van der Waals surface area contributed by atoms with Crippen LogP contribution in [0.3, 0.4) is 0 Å². The second kappa shape index (κ2) is 7.06. The lowest BCUT2D eigenvalue weighted by Gasteiger charge is -2.28. The lowest BCUT2D eigenvalue weighted by atomic mass is 9.90. The molecule has 1 aliphatic rings. The number of primary sulfonamides is 1. The van der Waals surface area contributed by atoms with Gasteiger partial charge in [-0.15, -0.1) is 0 Å². The molecule has 0 aromatic heterocycles. The van der Waals surface area contributed by atoms with Crippen LogP contribution in [-0.2, 0) is 14.8 Å². The third kappa shape index (κ3) is 5.79. The van der Waals surface area contributed by atoms with Crippen molar-refractivity contribution in [3.63, 3.8) is 0 Å². The number of rotatable bonds is 6. The van der Waals surface area contributed by atoms with E-state index >= 15 is 0 Å². The van der Waals surface area contributed by atoms with Crippen molar-refractivity contribution >= 4 is 15.9 Å². The summed E-state index contributed by atoms with van der Waals surface area (Å²) in [5.74, 6) is 0.470. The number of nitrogens with one attached hydrogen (secondary N) is 2. The van der Waals surface area contributed by atoms with Crippen LogP contribution in [0.5, 0.6) is 0 Å². The summed E-state index contributed by atoms with van der Waals surface area (Å²) in [6.45, 7) is 3.36. The quantitative estimate of drug-likeness (QED) is 0.573. The van der Waals surface area contributed by atoms with Gasteiger partial charge in [0.25, 0.3) is 0 Å². The first-order chi connectivity index (χ1) is 8.42. The van der Waals surface area contributed by atoms with Gasteiger partial charge in [0, 0.05) is 6.54 Å². The second-order valence-electron chi connectivity index (χ2n) is 4.82. The molecule has 6 nitrogen and oxygen atoms in total. The van der Waals surface area contributed by atoms with E-state index in [-0.39, 0.29) is 17.7 Å². The number of hydrogen-bond donors (Lipinski definition) is 3. The third-order valence-corrected chi connectivity index (χ3v) is 4.17. The Balaban J connectivity index is 2.24. The molecule has 0 aromatic rings. The van der Waals surface area contributed by atoms with E-state index in [1.54, 1.807) is 0 Å². The topological polar surface area (TPSA) is 101 Å². The fourth-order valence-electron chi connectivity index (χ4n) is 2.17. The number of carbonyl (C=O) groups is 1. The SMILES string of the molecule is CCC1CCNC(C(=O)NCCCS(N)(=O)=O)C1. The van der Waals surface area contributed by atoms with Crippen molar-refractivity contribution in [3.05, 3.63) is 0 Å². The molecule has 1 aliphatic heterocycles. The largest absolute Gasteiger partial charge is 0.355 e. The van der Waals surface area contributed by atoms with Crippen molar-refractivity contribution in [1.29, 1.82) is 0 Å². The molecule has 2 atom stereocenters. The summed E-state index contributed by atoms with van der Waals surface area (Å²) in [6, 6.07) is -0.141. The van der Waals surface area contributed by atoms with Gasteiger partial charge in [0.2, 0.25) is 15.9 Å². The normalized spacial score (nSPS) is 24.8. The molecule has 1 amide bonds. The van der Waals surface area contributed by atoms with E-state index in [1.807, 2.05) is 0 Å². The second-order valence-corrected chi connectivity index (χ2v) is 6.55. The van der Waals surface area contributed by atoms with Gasteiger partial charge in [-0.05, 0) is 31.7 Å². The van der Waals surface area contributed by atoms with Gasteiger partial charge in [0.15, 0.2) is 0 Å². The lowest BCUT2D eigenvalue weighted by molar-refractivity contribution is -0.124. The number of nitrogens with two attached hydrogens (primary N) is 1. The molecule has 0 aromatic carbocycles. The summed E-state index contributed by atoms with van der Waals surface area (Å²) >= 11 is 0. The third-order valence-electron chi connectivity index (χ3n) is 3.31. The number of piperidine rings is 1. The molecular formula is C11H23N3O3S. The Hall–Kier alpha value is -0.660.